The summed E-state index contributed by atoms with van der Waals surface area (Å²) in [4.78, 5) is 16.3. The zero-order chi connectivity index (χ0) is 17.7. The standard InChI is InChI=1S/C16H23N3O4S2/c20-15(18-13-3-1-2-4-13)12-24-16-6-5-14(11-17-16)25(21,22)19-7-9-23-10-8-19/h5-6,11,13H,1-4,7-10,12H2,(H,18,20). The van der Waals surface area contributed by atoms with Gasteiger partial charge in [-0.15, -0.1) is 0 Å². The van der Waals surface area contributed by atoms with Crippen LogP contribution >= 0.6 is 11.8 Å². The first kappa shape index (κ1) is 18.6. The second-order valence-electron chi connectivity index (χ2n) is 6.19. The predicted octanol–water partition coefficient (Wildman–Crippen LogP) is 1.25. The van der Waals surface area contributed by atoms with Gasteiger partial charge in [0.25, 0.3) is 0 Å². The lowest BCUT2D eigenvalue weighted by Gasteiger charge is -2.25. The lowest BCUT2D eigenvalue weighted by Crippen LogP contribution is -2.40. The molecular weight excluding hydrogens is 362 g/mol. The molecule has 3 rings (SSSR count). The fourth-order valence-electron chi connectivity index (χ4n) is 3.02. The summed E-state index contributed by atoms with van der Waals surface area (Å²) in [5.74, 6) is 0.294. The van der Waals surface area contributed by atoms with Gasteiger partial charge < -0.3 is 10.1 Å². The van der Waals surface area contributed by atoms with Gasteiger partial charge >= 0.3 is 0 Å². The summed E-state index contributed by atoms with van der Waals surface area (Å²) in [6.45, 7) is 1.55. The van der Waals surface area contributed by atoms with Crippen molar-refractivity contribution in [3.8, 4) is 0 Å². The van der Waals surface area contributed by atoms with E-state index < -0.39 is 10.0 Å². The average Bonchev–Trinajstić information content (AvgIpc) is 3.14. The molecule has 138 valence electrons. The molecule has 2 aliphatic rings. The monoisotopic (exact) mass is 385 g/mol. The van der Waals surface area contributed by atoms with Crippen LogP contribution in [0.5, 0.6) is 0 Å². The maximum atomic E-state index is 12.5. The highest BCUT2D eigenvalue weighted by molar-refractivity contribution is 7.99. The first-order valence-corrected chi connectivity index (χ1v) is 10.9. The second kappa shape index (κ2) is 8.48. The van der Waals surface area contributed by atoms with E-state index in [1.807, 2.05) is 0 Å². The minimum absolute atomic E-state index is 0.00344. The molecule has 2 heterocycles. The minimum atomic E-state index is -3.52. The van der Waals surface area contributed by atoms with E-state index in [-0.39, 0.29) is 10.8 Å². The summed E-state index contributed by atoms with van der Waals surface area (Å²) < 4.78 is 31.6. The van der Waals surface area contributed by atoms with E-state index in [0.717, 1.165) is 12.8 Å². The zero-order valence-corrected chi connectivity index (χ0v) is 15.7. The molecule has 2 fully saturated rings. The molecular formula is C16H23N3O4S2. The molecule has 25 heavy (non-hydrogen) atoms. The number of nitrogens with zero attached hydrogens (tertiary/aromatic N) is 2. The third-order valence-corrected chi connectivity index (χ3v) is 7.21. The predicted molar refractivity (Wildman–Crippen MR) is 94.9 cm³/mol. The zero-order valence-electron chi connectivity index (χ0n) is 14.0. The van der Waals surface area contributed by atoms with Crippen molar-refractivity contribution >= 4 is 27.7 Å². The second-order valence-corrected chi connectivity index (χ2v) is 9.12. The van der Waals surface area contributed by atoms with Crippen LogP contribution in [0.25, 0.3) is 0 Å². The Labute approximate surface area is 152 Å². The molecule has 0 aromatic carbocycles. The number of morpholine rings is 1. The Bertz CT molecular complexity index is 682. The van der Waals surface area contributed by atoms with Crippen LogP contribution in [0.15, 0.2) is 28.3 Å². The Morgan fingerprint density at radius 2 is 2.00 bits per heavy atom. The fraction of sp³-hybridized carbons (Fsp3) is 0.625. The largest absolute Gasteiger partial charge is 0.379 e. The van der Waals surface area contributed by atoms with Crippen LogP contribution in [0.3, 0.4) is 0 Å². The molecule has 1 aliphatic carbocycles. The molecule has 0 spiro atoms. The number of aromatic nitrogens is 1. The van der Waals surface area contributed by atoms with Crippen LogP contribution in [0.1, 0.15) is 25.7 Å². The van der Waals surface area contributed by atoms with Crippen LogP contribution in [-0.4, -0.2) is 61.7 Å². The van der Waals surface area contributed by atoms with Gasteiger partial charge in [-0.05, 0) is 25.0 Å². The number of hydrogen-bond donors (Lipinski definition) is 1. The van der Waals surface area contributed by atoms with E-state index in [2.05, 4.69) is 10.3 Å². The van der Waals surface area contributed by atoms with E-state index in [1.165, 1.54) is 35.1 Å². The normalized spacial score (nSPS) is 19.8. The van der Waals surface area contributed by atoms with Gasteiger partial charge in [0, 0.05) is 25.3 Å². The number of rotatable bonds is 6. The van der Waals surface area contributed by atoms with Crippen molar-refractivity contribution in [2.24, 2.45) is 0 Å². The Morgan fingerprint density at radius 3 is 2.64 bits per heavy atom. The molecule has 1 N–H and O–H groups in total. The third-order valence-electron chi connectivity index (χ3n) is 4.39. The average molecular weight is 386 g/mol. The van der Waals surface area contributed by atoms with Gasteiger partial charge in [-0.2, -0.15) is 4.31 Å². The van der Waals surface area contributed by atoms with Crippen molar-refractivity contribution in [1.82, 2.24) is 14.6 Å². The lowest BCUT2D eigenvalue weighted by molar-refractivity contribution is -0.119. The highest BCUT2D eigenvalue weighted by Gasteiger charge is 2.26. The van der Waals surface area contributed by atoms with Crippen LogP contribution in [0.2, 0.25) is 0 Å². The molecule has 1 aromatic rings. The fourth-order valence-corrected chi connectivity index (χ4v) is 5.03. The van der Waals surface area contributed by atoms with Crippen molar-refractivity contribution in [2.45, 2.75) is 41.6 Å². The summed E-state index contributed by atoms with van der Waals surface area (Å²) in [5, 5.41) is 3.67. The molecule has 7 nitrogen and oxygen atoms in total. The van der Waals surface area contributed by atoms with Gasteiger partial charge in [0.2, 0.25) is 15.9 Å². The number of amides is 1. The third kappa shape index (κ3) is 4.93. The maximum Gasteiger partial charge on any atom is 0.244 e. The van der Waals surface area contributed by atoms with Crippen LogP contribution in [0, 0.1) is 0 Å². The smallest absolute Gasteiger partial charge is 0.244 e. The maximum absolute atomic E-state index is 12.5. The van der Waals surface area contributed by atoms with Gasteiger partial charge in [-0.3, -0.25) is 4.79 Å². The molecule has 0 bridgehead atoms. The number of carbonyl (C=O) groups is 1. The molecule has 0 atom stereocenters. The number of hydrogen-bond acceptors (Lipinski definition) is 6. The van der Waals surface area contributed by atoms with Crippen molar-refractivity contribution in [1.29, 1.82) is 0 Å². The number of pyridine rings is 1. The molecule has 9 heteroatoms. The molecule has 1 saturated carbocycles. The van der Waals surface area contributed by atoms with Gasteiger partial charge in [-0.1, -0.05) is 24.6 Å². The summed E-state index contributed by atoms with van der Waals surface area (Å²) in [5.41, 5.74) is 0. The highest BCUT2D eigenvalue weighted by atomic mass is 32.2. The van der Waals surface area contributed by atoms with Gasteiger partial charge in [0.05, 0.1) is 24.0 Å². The quantitative estimate of drug-likeness (QED) is 0.742. The van der Waals surface area contributed by atoms with E-state index in [1.54, 1.807) is 12.1 Å². The van der Waals surface area contributed by atoms with Crippen molar-refractivity contribution in [2.75, 3.05) is 32.1 Å². The van der Waals surface area contributed by atoms with E-state index >= 15 is 0 Å². The molecule has 1 saturated heterocycles. The SMILES string of the molecule is O=C(CSc1ccc(S(=O)(=O)N2CCOCC2)cn1)NC1CCCC1. The number of thioether (sulfide) groups is 1. The number of nitrogens with one attached hydrogen (secondary N) is 1. The van der Waals surface area contributed by atoms with E-state index in [9.17, 15) is 13.2 Å². The van der Waals surface area contributed by atoms with Crippen molar-refractivity contribution in [3.63, 3.8) is 0 Å². The first-order valence-electron chi connectivity index (χ1n) is 8.52. The van der Waals surface area contributed by atoms with Crippen LogP contribution < -0.4 is 5.32 Å². The van der Waals surface area contributed by atoms with Gasteiger partial charge in [-0.25, -0.2) is 13.4 Å². The topological polar surface area (TPSA) is 88.6 Å². The Balaban J connectivity index is 1.53. The van der Waals surface area contributed by atoms with Gasteiger partial charge in [0.15, 0.2) is 0 Å². The molecule has 1 aliphatic heterocycles. The van der Waals surface area contributed by atoms with E-state index in [4.69, 9.17) is 4.74 Å². The number of sulfonamides is 1. The summed E-state index contributed by atoms with van der Waals surface area (Å²) >= 11 is 1.32. The number of ether oxygens (including phenoxy) is 1. The van der Waals surface area contributed by atoms with Crippen molar-refractivity contribution in [3.05, 3.63) is 18.3 Å². The molecule has 0 radical (unpaired) electrons. The molecule has 1 amide bonds. The lowest BCUT2D eigenvalue weighted by atomic mass is 10.2. The van der Waals surface area contributed by atoms with Crippen LogP contribution in [0.4, 0.5) is 0 Å². The molecule has 0 unspecified atom stereocenters. The number of carbonyl (C=O) groups excluding carboxylic acids is 1. The first-order chi connectivity index (χ1) is 12.1. The Morgan fingerprint density at radius 1 is 1.28 bits per heavy atom. The van der Waals surface area contributed by atoms with Crippen molar-refractivity contribution < 1.29 is 17.9 Å². The summed E-state index contributed by atoms with van der Waals surface area (Å²) in [7, 11) is -3.52. The van der Waals surface area contributed by atoms with Gasteiger partial charge in [0.1, 0.15) is 4.90 Å². The Hall–Kier alpha value is -1.16. The van der Waals surface area contributed by atoms with E-state index in [0.29, 0.717) is 43.1 Å². The van der Waals surface area contributed by atoms with Crippen LogP contribution in [-0.2, 0) is 19.6 Å². The highest BCUT2D eigenvalue weighted by Crippen LogP contribution is 2.21. The summed E-state index contributed by atoms with van der Waals surface area (Å²) in [6, 6.07) is 3.51. The minimum Gasteiger partial charge on any atom is -0.379 e. The molecule has 1 aromatic heterocycles. The summed E-state index contributed by atoms with van der Waals surface area (Å²) in [6.07, 6.45) is 5.84. The Kier molecular flexibility index (Phi) is 6.32.